The van der Waals surface area contributed by atoms with Gasteiger partial charge in [-0.1, -0.05) is 40.2 Å². The van der Waals surface area contributed by atoms with Crippen LogP contribution in [0.2, 0.25) is 0 Å². The Balaban J connectivity index is 1.89. The van der Waals surface area contributed by atoms with Crippen molar-refractivity contribution >= 4 is 27.7 Å². The highest BCUT2D eigenvalue weighted by molar-refractivity contribution is 9.10. The minimum Gasteiger partial charge on any atom is -0.492 e. The average molecular weight is 353 g/mol. The first-order valence-corrected chi connectivity index (χ1v) is 8.23. The topological polar surface area (TPSA) is 29.5 Å². The third-order valence-corrected chi connectivity index (χ3v) is 4.25. The Morgan fingerprint density at radius 1 is 1.20 bits per heavy atom. The molecular weight excluding hydrogens is 336 g/mol. The first-order valence-electron chi connectivity index (χ1n) is 6.45. The Labute approximate surface area is 132 Å². The fourth-order valence-corrected chi connectivity index (χ4v) is 2.90. The van der Waals surface area contributed by atoms with E-state index < -0.39 is 6.10 Å². The van der Waals surface area contributed by atoms with Crippen LogP contribution in [0.15, 0.2) is 57.9 Å². The Morgan fingerprint density at radius 2 is 1.95 bits per heavy atom. The van der Waals surface area contributed by atoms with Crippen LogP contribution in [0.5, 0.6) is 5.75 Å². The number of aliphatic hydroxyl groups excluding tert-OH is 1. The fraction of sp³-hybridized carbons (Fsp3) is 0.250. The maximum absolute atomic E-state index is 9.73. The van der Waals surface area contributed by atoms with E-state index in [9.17, 15) is 5.11 Å². The second-order valence-electron chi connectivity index (χ2n) is 4.37. The van der Waals surface area contributed by atoms with Crippen LogP contribution in [0.3, 0.4) is 0 Å². The number of thioether (sulfide) groups is 1. The maximum Gasteiger partial charge on any atom is 0.126 e. The van der Waals surface area contributed by atoms with Crippen molar-refractivity contribution in [2.24, 2.45) is 0 Å². The summed E-state index contributed by atoms with van der Waals surface area (Å²) in [6.45, 7) is 2.35. The SMILES string of the molecule is CC(O)c1ccc(Br)cc1OCCSc1ccccc1. The van der Waals surface area contributed by atoms with Crippen molar-refractivity contribution in [1.82, 2.24) is 0 Å². The Bertz CT molecular complexity index is 543. The van der Waals surface area contributed by atoms with Crippen molar-refractivity contribution in [3.63, 3.8) is 0 Å². The molecule has 0 spiro atoms. The molecule has 2 nitrogen and oxygen atoms in total. The molecule has 1 unspecified atom stereocenters. The molecule has 0 bridgehead atoms. The molecule has 0 aliphatic carbocycles. The van der Waals surface area contributed by atoms with E-state index in [1.165, 1.54) is 4.90 Å². The van der Waals surface area contributed by atoms with Gasteiger partial charge in [0.1, 0.15) is 5.75 Å². The van der Waals surface area contributed by atoms with E-state index in [4.69, 9.17) is 4.74 Å². The normalized spacial score (nSPS) is 12.2. The minimum absolute atomic E-state index is 0.528. The lowest BCUT2D eigenvalue weighted by molar-refractivity contribution is 0.192. The summed E-state index contributed by atoms with van der Waals surface area (Å²) in [7, 11) is 0. The molecular formula is C16H17BrO2S. The molecule has 106 valence electrons. The molecule has 0 aliphatic heterocycles. The number of hydrogen-bond acceptors (Lipinski definition) is 3. The van der Waals surface area contributed by atoms with Gasteiger partial charge in [-0.15, -0.1) is 11.8 Å². The summed E-state index contributed by atoms with van der Waals surface area (Å²) in [5.74, 6) is 1.61. The Morgan fingerprint density at radius 3 is 2.65 bits per heavy atom. The van der Waals surface area contributed by atoms with E-state index in [0.29, 0.717) is 6.61 Å². The van der Waals surface area contributed by atoms with Crippen molar-refractivity contribution in [2.45, 2.75) is 17.9 Å². The number of aliphatic hydroxyl groups is 1. The molecule has 4 heteroatoms. The number of benzene rings is 2. The third-order valence-electron chi connectivity index (χ3n) is 2.78. The zero-order chi connectivity index (χ0) is 14.4. The summed E-state index contributed by atoms with van der Waals surface area (Å²) >= 11 is 5.18. The summed E-state index contributed by atoms with van der Waals surface area (Å²) in [5, 5.41) is 9.73. The Kier molecular flexibility index (Phi) is 5.95. The van der Waals surface area contributed by atoms with Gasteiger partial charge in [-0.2, -0.15) is 0 Å². The second kappa shape index (κ2) is 7.72. The van der Waals surface area contributed by atoms with Gasteiger partial charge in [-0.25, -0.2) is 0 Å². The lowest BCUT2D eigenvalue weighted by Crippen LogP contribution is -2.04. The van der Waals surface area contributed by atoms with Crippen molar-refractivity contribution in [3.05, 3.63) is 58.6 Å². The first-order chi connectivity index (χ1) is 9.66. The predicted octanol–water partition coefficient (Wildman–Crippen LogP) is 4.67. The zero-order valence-electron chi connectivity index (χ0n) is 11.3. The van der Waals surface area contributed by atoms with Gasteiger partial charge < -0.3 is 9.84 Å². The molecule has 20 heavy (non-hydrogen) atoms. The van der Waals surface area contributed by atoms with Crippen LogP contribution < -0.4 is 4.74 Å². The summed E-state index contributed by atoms with van der Waals surface area (Å²) in [6, 6.07) is 15.9. The average Bonchev–Trinajstić information content (AvgIpc) is 2.44. The summed E-state index contributed by atoms with van der Waals surface area (Å²) in [5.41, 5.74) is 0.818. The first kappa shape index (κ1) is 15.4. The van der Waals surface area contributed by atoms with E-state index in [-0.39, 0.29) is 0 Å². The molecule has 1 atom stereocenters. The largest absolute Gasteiger partial charge is 0.492 e. The zero-order valence-corrected chi connectivity index (χ0v) is 13.7. The van der Waals surface area contributed by atoms with Gasteiger partial charge in [0.15, 0.2) is 0 Å². The highest BCUT2D eigenvalue weighted by Gasteiger charge is 2.09. The lowest BCUT2D eigenvalue weighted by atomic mass is 10.1. The molecule has 2 rings (SSSR count). The van der Waals surface area contributed by atoms with Gasteiger partial charge in [0, 0.05) is 20.7 Å². The van der Waals surface area contributed by atoms with Gasteiger partial charge in [-0.05, 0) is 31.2 Å². The minimum atomic E-state index is -0.528. The van der Waals surface area contributed by atoms with Crippen molar-refractivity contribution in [1.29, 1.82) is 0 Å². The number of hydrogen-bond donors (Lipinski definition) is 1. The molecule has 0 amide bonds. The van der Waals surface area contributed by atoms with Crippen LogP contribution in [0.1, 0.15) is 18.6 Å². The van der Waals surface area contributed by atoms with Crippen molar-refractivity contribution in [2.75, 3.05) is 12.4 Å². The summed E-state index contributed by atoms with van der Waals surface area (Å²) in [4.78, 5) is 1.24. The number of halogens is 1. The molecule has 1 N–H and O–H groups in total. The molecule has 0 saturated heterocycles. The third kappa shape index (κ3) is 4.54. The van der Waals surface area contributed by atoms with E-state index in [1.807, 2.05) is 36.4 Å². The lowest BCUT2D eigenvalue weighted by Gasteiger charge is -2.13. The fourth-order valence-electron chi connectivity index (χ4n) is 1.81. The van der Waals surface area contributed by atoms with Gasteiger partial charge >= 0.3 is 0 Å². The maximum atomic E-state index is 9.73. The van der Waals surface area contributed by atoms with E-state index >= 15 is 0 Å². The highest BCUT2D eigenvalue weighted by Crippen LogP contribution is 2.29. The standard InChI is InChI=1S/C16H17BrO2S/c1-12(18)15-8-7-13(17)11-16(15)19-9-10-20-14-5-3-2-4-6-14/h2-8,11-12,18H,9-10H2,1H3. The monoisotopic (exact) mass is 352 g/mol. The smallest absolute Gasteiger partial charge is 0.126 e. The van der Waals surface area contributed by atoms with Gasteiger partial charge in [0.2, 0.25) is 0 Å². The number of rotatable bonds is 6. The Hall–Kier alpha value is -0.970. The van der Waals surface area contributed by atoms with Crippen LogP contribution in [0, 0.1) is 0 Å². The molecule has 0 fully saturated rings. The molecule has 2 aromatic carbocycles. The predicted molar refractivity (Wildman–Crippen MR) is 87.4 cm³/mol. The van der Waals surface area contributed by atoms with Crippen LogP contribution in [-0.4, -0.2) is 17.5 Å². The summed E-state index contributed by atoms with van der Waals surface area (Å²) < 4.78 is 6.74. The number of ether oxygens (including phenoxy) is 1. The molecule has 0 aromatic heterocycles. The van der Waals surface area contributed by atoms with E-state index in [0.717, 1.165) is 21.5 Å². The van der Waals surface area contributed by atoms with Crippen molar-refractivity contribution in [3.8, 4) is 5.75 Å². The molecule has 0 saturated carbocycles. The van der Waals surface area contributed by atoms with Gasteiger partial charge in [0.05, 0.1) is 12.7 Å². The van der Waals surface area contributed by atoms with Gasteiger partial charge in [0.25, 0.3) is 0 Å². The molecule has 0 radical (unpaired) electrons. The van der Waals surface area contributed by atoms with E-state index in [1.54, 1.807) is 18.7 Å². The van der Waals surface area contributed by atoms with Crippen LogP contribution in [0.25, 0.3) is 0 Å². The van der Waals surface area contributed by atoms with Crippen LogP contribution in [0.4, 0.5) is 0 Å². The second-order valence-corrected chi connectivity index (χ2v) is 6.45. The summed E-state index contributed by atoms with van der Waals surface area (Å²) in [6.07, 6.45) is -0.528. The van der Waals surface area contributed by atoms with E-state index in [2.05, 4.69) is 28.1 Å². The quantitative estimate of drug-likeness (QED) is 0.604. The van der Waals surface area contributed by atoms with Crippen LogP contribution >= 0.6 is 27.7 Å². The van der Waals surface area contributed by atoms with Gasteiger partial charge in [-0.3, -0.25) is 0 Å². The van der Waals surface area contributed by atoms with Crippen molar-refractivity contribution < 1.29 is 9.84 Å². The molecule has 2 aromatic rings. The molecule has 0 heterocycles. The molecule has 0 aliphatic rings. The highest BCUT2D eigenvalue weighted by atomic mass is 79.9. The van der Waals surface area contributed by atoms with Crippen LogP contribution in [-0.2, 0) is 0 Å².